The molecule has 38 heavy (non-hydrogen) atoms. The lowest BCUT2D eigenvalue weighted by Gasteiger charge is -2.25. The van der Waals surface area contributed by atoms with Crippen molar-refractivity contribution >= 4 is 23.3 Å². The van der Waals surface area contributed by atoms with Crippen LogP contribution in [0.5, 0.6) is 0 Å². The number of imidazole rings is 1. The molecule has 1 aliphatic heterocycles. The van der Waals surface area contributed by atoms with Gasteiger partial charge in [-0.15, -0.1) is 0 Å². The topological polar surface area (TPSA) is 128 Å². The molecule has 3 aromatic rings. The van der Waals surface area contributed by atoms with E-state index in [9.17, 15) is 14.4 Å². The van der Waals surface area contributed by atoms with Crippen LogP contribution in [0.4, 0.5) is 4.79 Å². The number of carbonyl (C=O) groups excluding carboxylic acids is 3. The second-order valence-corrected chi connectivity index (χ2v) is 10.2. The van der Waals surface area contributed by atoms with Crippen LogP contribution >= 0.6 is 0 Å². The minimum absolute atomic E-state index is 0.0332. The maximum atomic E-state index is 12.8. The van der Waals surface area contributed by atoms with Crippen LogP contribution in [0.1, 0.15) is 56.7 Å². The number of pyridine rings is 1. The molecule has 0 spiro atoms. The van der Waals surface area contributed by atoms with Gasteiger partial charge in [-0.1, -0.05) is 36.4 Å². The standard InChI is InChI=1S/C28H35N5O5/c1-19(34)24-13-8-14-32(24)27(36)38-17-22-12-7-11-21-15-30-25(33(21)22)23(31-26(35)28(2,3)29)18-37-16-20-9-5-4-6-10-20/h4-7,9-12,15,23-24H,8,13-14,16-18,29H2,1-3H3,(H,31,35)/t23-,24?/m1/s1. The molecule has 1 unspecified atom stereocenters. The molecule has 2 aromatic heterocycles. The zero-order valence-electron chi connectivity index (χ0n) is 22.1. The van der Waals surface area contributed by atoms with Gasteiger partial charge in [0.2, 0.25) is 5.91 Å². The van der Waals surface area contributed by atoms with E-state index in [4.69, 9.17) is 15.2 Å². The van der Waals surface area contributed by atoms with Gasteiger partial charge in [-0.2, -0.15) is 0 Å². The lowest BCUT2D eigenvalue weighted by atomic mass is 10.1. The largest absolute Gasteiger partial charge is 0.443 e. The van der Waals surface area contributed by atoms with E-state index < -0.39 is 23.7 Å². The lowest BCUT2D eigenvalue weighted by Crippen LogP contribution is -2.51. The number of Topliss-reactive ketones (excluding diaryl/α,β-unsaturated/α-hetero) is 1. The summed E-state index contributed by atoms with van der Waals surface area (Å²) in [6.45, 7) is 5.72. The predicted octanol–water partition coefficient (Wildman–Crippen LogP) is 3.14. The summed E-state index contributed by atoms with van der Waals surface area (Å²) in [6.07, 6.45) is 2.58. The van der Waals surface area contributed by atoms with Crippen molar-refractivity contribution in [3.63, 3.8) is 0 Å². The van der Waals surface area contributed by atoms with Crippen LogP contribution in [0.15, 0.2) is 54.7 Å². The van der Waals surface area contributed by atoms with Crippen LogP contribution in [0.25, 0.3) is 5.52 Å². The van der Waals surface area contributed by atoms with Gasteiger partial charge in [0.15, 0.2) is 5.78 Å². The van der Waals surface area contributed by atoms with Crippen molar-refractivity contribution in [3.8, 4) is 0 Å². The molecule has 2 atom stereocenters. The Morgan fingerprint density at radius 3 is 2.61 bits per heavy atom. The number of nitrogens with one attached hydrogen (secondary N) is 1. The third-order valence-corrected chi connectivity index (χ3v) is 6.56. The summed E-state index contributed by atoms with van der Waals surface area (Å²) in [5.74, 6) is 0.131. The average molecular weight is 522 g/mol. The van der Waals surface area contributed by atoms with Gasteiger partial charge in [-0.05, 0) is 51.3 Å². The predicted molar refractivity (Wildman–Crippen MR) is 141 cm³/mol. The number of nitrogens with two attached hydrogens (primary N) is 1. The highest BCUT2D eigenvalue weighted by atomic mass is 16.6. The number of ketones is 1. The number of carbonyl (C=O) groups is 3. The van der Waals surface area contributed by atoms with Crippen molar-refractivity contribution in [2.45, 2.75) is 64.4 Å². The fourth-order valence-electron chi connectivity index (χ4n) is 4.52. The number of hydrogen-bond donors (Lipinski definition) is 2. The fraction of sp³-hybridized carbons (Fsp3) is 0.429. The van der Waals surface area contributed by atoms with Crippen LogP contribution in [-0.2, 0) is 32.3 Å². The van der Waals surface area contributed by atoms with E-state index in [1.165, 1.54) is 11.8 Å². The van der Waals surface area contributed by atoms with Crippen LogP contribution in [0.2, 0.25) is 0 Å². The number of ether oxygens (including phenoxy) is 2. The number of aromatic nitrogens is 2. The number of hydrogen-bond acceptors (Lipinski definition) is 7. The van der Waals surface area contributed by atoms with E-state index in [0.29, 0.717) is 31.1 Å². The normalized spacial score (nSPS) is 16.4. The molecular weight excluding hydrogens is 486 g/mol. The number of amides is 2. The molecular formula is C28H35N5O5. The monoisotopic (exact) mass is 521 g/mol. The second kappa shape index (κ2) is 11.7. The van der Waals surface area contributed by atoms with E-state index in [1.807, 2.05) is 52.9 Å². The SMILES string of the molecule is CC(=O)C1CCCN1C(=O)OCc1cccc2cnc([C@@H](COCc3ccccc3)NC(=O)C(C)(C)N)n12. The van der Waals surface area contributed by atoms with Gasteiger partial charge in [0.05, 0.1) is 42.2 Å². The second-order valence-electron chi connectivity index (χ2n) is 10.2. The number of benzene rings is 1. The first-order chi connectivity index (χ1) is 18.1. The Hall–Kier alpha value is -3.76. The minimum Gasteiger partial charge on any atom is -0.443 e. The van der Waals surface area contributed by atoms with Crippen molar-refractivity contribution in [3.05, 3.63) is 71.8 Å². The van der Waals surface area contributed by atoms with Crippen LogP contribution < -0.4 is 11.1 Å². The first kappa shape index (κ1) is 27.3. The average Bonchev–Trinajstić information content (AvgIpc) is 3.55. The number of likely N-dealkylation sites (tertiary alicyclic amines) is 1. The van der Waals surface area contributed by atoms with Crippen LogP contribution in [0, 0.1) is 0 Å². The first-order valence-electron chi connectivity index (χ1n) is 12.8. The van der Waals surface area contributed by atoms with Gasteiger partial charge >= 0.3 is 6.09 Å². The minimum atomic E-state index is -1.11. The number of fused-ring (bicyclic) bond motifs is 1. The molecule has 4 rings (SSSR count). The summed E-state index contributed by atoms with van der Waals surface area (Å²) < 4.78 is 13.4. The molecule has 3 heterocycles. The Bertz CT molecular complexity index is 1280. The third kappa shape index (κ3) is 6.38. The van der Waals surface area contributed by atoms with E-state index in [2.05, 4.69) is 10.3 Å². The highest BCUT2D eigenvalue weighted by Gasteiger charge is 2.33. The van der Waals surface area contributed by atoms with Gasteiger partial charge < -0.3 is 20.5 Å². The molecule has 0 aliphatic carbocycles. The van der Waals surface area contributed by atoms with Gasteiger partial charge in [0, 0.05) is 6.54 Å². The van der Waals surface area contributed by atoms with Gasteiger partial charge in [0.25, 0.3) is 0 Å². The quantitative estimate of drug-likeness (QED) is 0.419. The summed E-state index contributed by atoms with van der Waals surface area (Å²) in [5, 5.41) is 2.97. The zero-order chi connectivity index (χ0) is 27.3. The molecule has 10 heteroatoms. The summed E-state index contributed by atoms with van der Waals surface area (Å²) in [6, 6.07) is 14.2. The molecule has 0 bridgehead atoms. The molecule has 2 amide bonds. The van der Waals surface area contributed by atoms with E-state index in [-0.39, 0.29) is 24.9 Å². The molecule has 202 valence electrons. The van der Waals surface area contributed by atoms with Crippen molar-refractivity contribution < 1.29 is 23.9 Å². The summed E-state index contributed by atoms with van der Waals surface area (Å²) in [4.78, 5) is 43.6. The van der Waals surface area contributed by atoms with Crippen molar-refractivity contribution in [2.75, 3.05) is 13.2 Å². The number of nitrogens with zero attached hydrogens (tertiary/aromatic N) is 3. The Labute approximate surface area is 222 Å². The van der Waals surface area contributed by atoms with E-state index >= 15 is 0 Å². The van der Waals surface area contributed by atoms with E-state index in [0.717, 1.165) is 17.5 Å². The maximum Gasteiger partial charge on any atom is 0.410 e. The maximum absolute atomic E-state index is 12.8. The third-order valence-electron chi connectivity index (χ3n) is 6.56. The molecule has 0 saturated carbocycles. The molecule has 1 aliphatic rings. The fourth-order valence-corrected chi connectivity index (χ4v) is 4.52. The smallest absolute Gasteiger partial charge is 0.410 e. The Kier molecular flexibility index (Phi) is 8.43. The van der Waals surface area contributed by atoms with Crippen LogP contribution in [-0.4, -0.2) is 56.8 Å². The number of rotatable bonds is 10. The van der Waals surface area contributed by atoms with Gasteiger partial charge in [0.1, 0.15) is 18.5 Å². The Balaban J connectivity index is 1.56. The van der Waals surface area contributed by atoms with Gasteiger partial charge in [-0.25, -0.2) is 9.78 Å². The highest BCUT2D eigenvalue weighted by molar-refractivity contribution is 5.86. The molecule has 10 nitrogen and oxygen atoms in total. The zero-order valence-corrected chi connectivity index (χ0v) is 22.1. The summed E-state index contributed by atoms with van der Waals surface area (Å²) >= 11 is 0. The highest BCUT2D eigenvalue weighted by Crippen LogP contribution is 2.22. The van der Waals surface area contributed by atoms with Crippen molar-refractivity contribution in [1.82, 2.24) is 19.6 Å². The molecule has 1 saturated heterocycles. The van der Waals surface area contributed by atoms with Gasteiger partial charge in [-0.3, -0.25) is 18.9 Å². The Morgan fingerprint density at radius 2 is 1.89 bits per heavy atom. The molecule has 3 N–H and O–H groups in total. The van der Waals surface area contributed by atoms with E-state index in [1.54, 1.807) is 20.0 Å². The summed E-state index contributed by atoms with van der Waals surface area (Å²) in [5.41, 5.74) is 7.38. The van der Waals surface area contributed by atoms with Crippen molar-refractivity contribution in [2.24, 2.45) is 5.73 Å². The lowest BCUT2D eigenvalue weighted by molar-refractivity contribution is -0.126. The first-order valence-corrected chi connectivity index (χ1v) is 12.8. The van der Waals surface area contributed by atoms with Crippen LogP contribution in [0.3, 0.4) is 0 Å². The molecule has 0 radical (unpaired) electrons. The molecule has 1 aromatic carbocycles. The molecule has 1 fully saturated rings. The summed E-state index contributed by atoms with van der Waals surface area (Å²) in [7, 11) is 0. The Morgan fingerprint density at radius 1 is 1.13 bits per heavy atom. The van der Waals surface area contributed by atoms with Crippen molar-refractivity contribution in [1.29, 1.82) is 0 Å².